The number of aromatic nitrogens is 2. The van der Waals surface area contributed by atoms with Crippen LogP contribution in [0.1, 0.15) is 49.2 Å². The third-order valence-corrected chi connectivity index (χ3v) is 6.58. The standard InChI is InChI=1S/C14H22N4OS/c1-18-9-2-3-10(18)5-8(4-9)13-16-14(19-17-13)11-6-20-7-12(11)15/h8-12H,2-7,15H2,1H3. The van der Waals surface area contributed by atoms with Crippen molar-refractivity contribution >= 4 is 11.8 Å². The van der Waals surface area contributed by atoms with Crippen LogP contribution in [0, 0.1) is 0 Å². The number of nitrogens with two attached hydrogens (primary N) is 1. The molecule has 0 spiro atoms. The molecular weight excluding hydrogens is 272 g/mol. The Balaban J connectivity index is 1.51. The van der Waals surface area contributed by atoms with Crippen LogP contribution < -0.4 is 5.73 Å². The van der Waals surface area contributed by atoms with Crippen molar-refractivity contribution in [3.8, 4) is 0 Å². The van der Waals surface area contributed by atoms with E-state index in [1.807, 2.05) is 11.8 Å². The molecule has 0 saturated carbocycles. The van der Waals surface area contributed by atoms with Crippen molar-refractivity contribution in [3.63, 3.8) is 0 Å². The Morgan fingerprint density at radius 3 is 2.65 bits per heavy atom. The summed E-state index contributed by atoms with van der Waals surface area (Å²) in [7, 11) is 2.26. The lowest BCUT2D eigenvalue weighted by Crippen LogP contribution is -2.39. The highest BCUT2D eigenvalue weighted by Gasteiger charge is 2.41. The fraction of sp³-hybridized carbons (Fsp3) is 0.857. The van der Waals surface area contributed by atoms with Crippen LogP contribution in [0.2, 0.25) is 0 Å². The van der Waals surface area contributed by atoms with Gasteiger partial charge in [0.2, 0.25) is 5.89 Å². The molecule has 0 radical (unpaired) electrons. The van der Waals surface area contributed by atoms with Crippen LogP contribution in [0.15, 0.2) is 4.52 Å². The minimum Gasteiger partial charge on any atom is -0.339 e. The molecule has 110 valence electrons. The normalized spacial score (nSPS) is 41.4. The molecule has 3 aliphatic heterocycles. The van der Waals surface area contributed by atoms with E-state index in [1.54, 1.807) is 0 Å². The van der Waals surface area contributed by atoms with Gasteiger partial charge in [-0.05, 0) is 32.7 Å². The minimum absolute atomic E-state index is 0.168. The zero-order valence-electron chi connectivity index (χ0n) is 11.9. The van der Waals surface area contributed by atoms with Crippen LogP contribution in [-0.2, 0) is 0 Å². The molecule has 1 aromatic heterocycles. The predicted octanol–water partition coefficient (Wildman–Crippen LogP) is 1.57. The molecule has 20 heavy (non-hydrogen) atoms. The molecular formula is C14H22N4OS. The van der Waals surface area contributed by atoms with Gasteiger partial charge in [-0.3, -0.25) is 0 Å². The summed E-state index contributed by atoms with van der Waals surface area (Å²) in [5.41, 5.74) is 6.12. The van der Waals surface area contributed by atoms with Crippen molar-refractivity contribution in [2.45, 2.75) is 55.6 Å². The number of thioether (sulfide) groups is 1. The second-order valence-corrected chi connectivity index (χ2v) is 7.59. The first-order chi connectivity index (χ1) is 9.72. The summed E-state index contributed by atoms with van der Waals surface area (Å²) in [4.78, 5) is 7.24. The summed E-state index contributed by atoms with van der Waals surface area (Å²) in [5, 5.41) is 4.27. The first-order valence-corrected chi connectivity index (χ1v) is 8.76. The quantitative estimate of drug-likeness (QED) is 0.893. The van der Waals surface area contributed by atoms with Crippen LogP contribution in [0.5, 0.6) is 0 Å². The zero-order valence-corrected chi connectivity index (χ0v) is 12.7. The second-order valence-electron chi connectivity index (χ2n) is 6.52. The van der Waals surface area contributed by atoms with Gasteiger partial charge >= 0.3 is 0 Å². The lowest BCUT2D eigenvalue weighted by atomic mass is 9.90. The Morgan fingerprint density at radius 2 is 2.00 bits per heavy atom. The van der Waals surface area contributed by atoms with Crippen molar-refractivity contribution in [3.05, 3.63) is 11.7 Å². The molecule has 4 rings (SSSR count). The van der Waals surface area contributed by atoms with Gasteiger partial charge in [0.1, 0.15) is 0 Å². The number of fused-ring (bicyclic) bond motifs is 2. The third-order valence-electron chi connectivity index (χ3n) is 5.36. The van der Waals surface area contributed by atoms with Gasteiger partial charge in [0.05, 0.1) is 5.92 Å². The topological polar surface area (TPSA) is 68.2 Å². The fourth-order valence-corrected chi connectivity index (χ4v) is 5.30. The minimum atomic E-state index is 0.168. The molecule has 1 aromatic rings. The zero-order chi connectivity index (χ0) is 13.7. The molecule has 4 heterocycles. The summed E-state index contributed by atoms with van der Waals surface area (Å²) >= 11 is 1.88. The van der Waals surface area contributed by atoms with Gasteiger partial charge in [0.15, 0.2) is 5.82 Å². The van der Waals surface area contributed by atoms with Crippen LogP contribution in [-0.4, -0.2) is 51.7 Å². The lowest BCUT2D eigenvalue weighted by molar-refractivity contribution is 0.157. The van der Waals surface area contributed by atoms with Crippen molar-refractivity contribution in [1.82, 2.24) is 15.0 Å². The maximum absolute atomic E-state index is 6.12. The molecule has 4 atom stereocenters. The monoisotopic (exact) mass is 294 g/mol. The third kappa shape index (κ3) is 2.09. The number of rotatable bonds is 2. The van der Waals surface area contributed by atoms with Crippen molar-refractivity contribution in [1.29, 1.82) is 0 Å². The van der Waals surface area contributed by atoms with Crippen LogP contribution in [0.4, 0.5) is 0 Å². The average molecular weight is 294 g/mol. The summed E-state index contributed by atoms with van der Waals surface area (Å²) in [5.74, 6) is 4.44. The molecule has 3 aliphatic rings. The summed E-state index contributed by atoms with van der Waals surface area (Å²) < 4.78 is 5.52. The van der Waals surface area contributed by atoms with Gasteiger partial charge in [-0.15, -0.1) is 0 Å². The Morgan fingerprint density at radius 1 is 1.25 bits per heavy atom. The van der Waals surface area contributed by atoms with Gasteiger partial charge in [-0.25, -0.2) is 0 Å². The molecule has 2 N–H and O–H groups in total. The van der Waals surface area contributed by atoms with E-state index in [0.717, 1.165) is 23.2 Å². The summed E-state index contributed by atoms with van der Waals surface area (Å²) in [6.45, 7) is 0. The smallest absolute Gasteiger partial charge is 0.232 e. The number of nitrogens with zero attached hydrogens (tertiary/aromatic N) is 3. The largest absolute Gasteiger partial charge is 0.339 e. The SMILES string of the molecule is CN1C2CCC1CC(c1noc(C3CSCC3N)n1)C2. The Kier molecular flexibility index (Phi) is 3.27. The van der Waals surface area contributed by atoms with E-state index >= 15 is 0 Å². The molecule has 0 aromatic carbocycles. The molecule has 3 fully saturated rings. The predicted molar refractivity (Wildman–Crippen MR) is 78.9 cm³/mol. The fourth-order valence-electron chi connectivity index (χ4n) is 4.01. The lowest BCUT2D eigenvalue weighted by Gasteiger charge is -2.34. The van der Waals surface area contributed by atoms with E-state index in [0.29, 0.717) is 18.0 Å². The van der Waals surface area contributed by atoms with E-state index in [1.165, 1.54) is 25.7 Å². The van der Waals surface area contributed by atoms with E-state index in [4.69, 9.17) is 15.2 Å². The highest BCUT2D eigenvalue weighted by atomic mass is 32.2. The molecule has 5 nitrogen and oxygen atoms in total. The molecule has 0 aliphatic carbocycles. The van der Waals surface area contributed by atoms with Gasteiger partial charge in [0, 0.05) is 35.5 Å². The maximum Gasteiger partial charge on any atom is 0.232 e. The van der Waals surface area contributed by atoms with Crippen molar-refractivity contribution < 1.29 is 4.52 Å². The van der Waals surface area contributed by atoms with E-state index < -0.39 is 0 Å². The van der Waals surface area contributed by atoms with Gasteiger partial charge in [-0.2, -0.15) is 16.7 Å². The Labute approximate surface area is 123 Å². The number of piperidine rings is 1. The van der Waals surface area contributed by atoms with E-state index in [9.17, 15) is 0 Å². The highest BCUT2D eigenvalue weighted by molar-refractivity contribution is 7.99. The molecule has 3 saturated heterocycles. The second kappa shape index (κ2) is 5.00. The van der Waals surface area contributed by atoms with Crippen LogP contribution in [0.25, 0.3) is 0 Å². The average Bonchev–Trinajstić information content (AvgIpc) is 3.10. The van der Waals surface area contributed by atoms with Crippen LogP contribution >= 0.6 is 11.8 Å². The molecule has 4 unspecified atom stereocenters. The molecule has 2 bridgehead atoms. The van der Waals surface area contributed by atoms with Gasteiger partial charge in [0.25, 0.3) is 0 Å². The van der Waals surface area contributed by atoms with Crippen molar-refractivity contribution in [2.75, 3.05) is 18.6 Å². The number of hydrogen-bond acceptors (Lipinski definition) is 6. The Hall–Kier alpha value is -0.590. The van der Waals surface area contributed by atoms with Gasteiger partial charge in [-0.1, -0.05) is 5.16 Å². The van der Waals surface area contributed by atoms with E-state index in [2.05, 4.69) is 17.1 Å². The molecule has 6 heteroatoms. The number of hydrogen-bond donors (Lipinski definition) is 1. The summed E-state index contributed by atoms with van der Waals surface area (Å²) in [6.07, 6.45) is 5.01. The first-order valence-electron chi connectivity index (χ1n) is 7.61. The van der Waals surface area contributed by atoms with Crippen LogP contribution in [0.3, 0.4) is 0 Å². The van der Waals surface area contributed by atoms with E-state index in [-0.39, 0.29) is 12.0 Å². The van der Waals surface area contributed by atoms with Gasteiger partial charge < -0.3 is 15.2 Å². The highest BCUT2D eigenvalue weighted by Crippen LogP contribution is 2.41. The molecule has 0 amide bonds. The Bertz CT molecular complexity index is 479. The van der Waals surface area contributed by atoms with Crippen molar-refractivity contribution in [2.24, 2.45) is 5.73 Å². The maximum atomic E-state index is 6.12. The first kappa shape index (κ1) is 13.1. The summed E-state index contributed by atoms with van der Waals surface area (Å²) in [6, 6.07) is 1.59.